The number of nitrogens with zero attached hydrogens (tertiary/aromatic N) is 1. The van der Waals surface area contributed by atoms with Gasteiger partial charge in [0.15, 0.2) is 0 Å². The van der Waals surface area contributed by atoms with Crippen LogP contribution in [0, 0.1) is 11.8 Å². The maximum absolute atomic E-state index is 12.7. The molecule has 1 atom stereocenters. The first kappa shape index (κ1) is 19.5. The van der Waals surface area contributed by atoms with E-state index in [4.69, 9.17) is 0 Å². The minimum absolute atomic E-state index is 0.00215. The molecular weight excluding hydrogens is 312 g/mol. The molecule has 0 saturated carbocycles. The number of carbonyl (C=O) groups excluding carboxylic acids is 2. The first-order valence-electron chi connectivity index (χ1n) is 9.43. The van der Waals surface area contributed by atoms with Crippen molar-refractivity contribution in [2.45, 2.75) is 59.8 Å². The molecule has 1 aliphatic rings. The summed E-state index contributed by atoms with van der Waals surface area (Å²) in [5.41, 5.74) is 3.39. The summed E-state index contributed by atoms with van der Waals surface area (Å²) in [4.78, 5) is 27.0. The van der Waals surface area contributed by atoms with Crippen LogP contribution in [0.3, 0.4) is 0 Å². The molecule has 2 amide bonds. The van der Waals surface area contributed by atoms with Crippen molar-refractivity contribution in [1.82, 2.24) is 5.32 Å². The molecule has 1 saturated heterocycles. The molecule has 0 radical (unpaired) electrons. The number of hydrogen-bond donors (Lipinski definition) is 1. The van der Waals surface area contributed by atoms with Crippen LogP contribution < -0.4 is 10.2 Å². The van der Waals surface area contributed by atoms with Gasteiger partial charge in [-0.25, -0.2) is 0 Å². The molecular formula is C21H32N2O2. The van der Waals surface area contributed by atoms with E-state index in [1.165, 1.54) is 11.1 Å². The van der Waals surface area contributed by atoms with Gasteiger partial charge in [0, 0.05) is 19.5 Å². The van der Waals surface area contributed by atoms with Crippen molar-refractivity contribution in [2.24, 2.45) is 11.8 Å². The Bertz CT molecular complexity index is 609. The number of rotatable bonds is 6. The standard InChI is InChI=1S/C21H32N2O2/c1-13(2)11-22-21(25)16-10-19(24)23(12-16)20-17(14(3)4)8-7-9-18(20)15(5)6/h7-9,13-16H,10-12H2,1-6H3,(H,22,25). The fourth-order valence-electron chi connectivity index (χ4n) is 3.37. The van der Waals surface area contributed by atoms with Crippen LogP contribution in [0.5, 0.6) is 0 Å². The van der Waals surface area contributed by atoms with E-state index in [-0.39, 0.29) is 17.7 Å². The Balaban J connectivity index is 2.30. The molecule has 25 heavy (non-hydrogen) atoms. The molecule has 1 aromatic carbocycles. The molecule has 4 heteroatoms. The fourth-order valence-corrected chi connectivity index (χ4v) is 3.37. The Kier molecular flexibility index (Phi) is 6.26. The number of nitrogens with one attached hydrogen (secondary N) is 1. The number of amides is 2. The van der Waals surface area contributed by atoms with E-state index in [0.717, 1.165) is 5.69 Å². The average Bonchev–Trinajstić information content (AvgIpc) is 2.93. The predicted molar refractivity (Wildman–Crippen MR) is 103 cm³/mol. The number of carbonyl (C=O) groups is 2. The van der Waals surface area contributed by atoms with Crippen molar-refractivity contribution in [2.75, 3.05) is 18.0 Å². The Morgan fingerprint density at radius 2 is 1.68 bits per heavy atom. The molecule has 1 heterocycles. The second-order valence-electron chi connectivity index (χ2n) is 8.14. The van der Waals surface area contributed by atoms with Gasteiger partial charge in [0.2, 0.25) is 11.8 Å². The van der Waals surface area contributed by atoms with E-state index in [1.54, 1.807) is 0 Å². The zero-order chi connectivity index (χ0) is 18.7. The highest BCUT2D eigenvalue weighted by molar-refractivity contribution is 6.01. The van der Waals surface area contributed by atoms with Gasteiger partial charge in [-0.05, 0) is 28.9 Å². The van der Waals surface area contributed by atoms with Gasteiger partial charge < -0.3 is 10.2 Å². The maximum Gasteiger partial charge on any atom is 0.227 e. The second-order valence-corrected chi connectivity index (χ2v) is 8.14. The van der Waals surface area contributed by atoms with E-state index in [2.05, 4.69) is 65.1 Å². The van der Waals surface area contributed by atoms with Gasteiger partial charge in [0.05, 0.1) is 11.6 Å². The van der Waals surface area contributed by atoms with Crippen molar-refractivity contribution < 1.29 is 9.59 Å². The van der Waals surface area contributed by atoms with Gasteiger partial charge in [-0.1, -0.05) is 59.7 Å². The Labute approximate surface area is 152 Å². The van der Waals surface area contributed by atoms with E-state index >= 15 is 0 Å². The lowest BCUT2D eigenvalue weighted by atomic mass is 9.92. The number of para-hydroxylation sites is 1. The van der Waals surface area contributed by atoms with Crippen molar-refractivity contribution >= 4 is 17.5 Å². The third-order valence-electron chi connectivity index (χ3n) is 4.79. The summed E-state index contributed by atoms with van der Waals surface area (Å²) in [6.45, 7) is 13.9. The SMILES string of the molecule is CC(C)CNC(=O)C1CC(=O)N(c2c(C(C)C)cccc2C(C)C)C1. The third-order valence-corrected chi connectivity index (χ3v) is 4.79. The van der Waals surface area contributed by atoms with Crippen LogP contribution in [0.1, 0.15) is 70.9 Å². The van der Waals surface area contributed by atoms with Gasteiger partial charge in [-0.3, -0.25) is 9.59 Å². The first-order valence-corrected chi connectivity index (χ1v) is 9.43. The molecule has 0 aromatic heterocycles. The highest BCUT2D eigenvalue weighted by Crippen LogP contribution is 2.38. The summed E-state index contributed by atoms with van der Waals surface area (Å²) >= 11 is 0. The average molecular weight is 344 g/mol. The van der Waals surface area contributed by atoms with Crippen LogP contribution in [0.4, 0.5) is 5.69 Å². The van der Waals surface area contributed by atoms with Crippen molar-refractivity contribution in [3.05, 3.63) is 29.3 Å². The number of hydrogen-bond acceptors (Lipinski definition) is 2. The lowest BCUT2D eigenvalue weighted by Gasteiger charge is -2.27. The normalized spacial score (nSPS) is 17.9. The monoisotopic (exact) mass is 344 g/mol. The molecule has 0 spiro atoms. The predicted octanol–water partition coefficient (Wildman–Crippen LogP) is 4.06. The molecule has 2 rings (SSSR count). The van der Waals surface area contributed by atoms with Crippen LogP contribution in [0.25, 0.3) is 0 Å². The lowest BCUT2D eigenvalue weighted by molar-refractivity contribution is -0.126. The van der Waals surface area contributed by atoms with Gasteiger partial charge in [0.1, 0.15) is 0 Å². The largest absolute Gasteiger partial charge is 0.356 e. The van der Waals surface area contributed by atoms with E-state index in [9.17, 15) is 9.59 Å². The summed E-state index contributed by atoms with van der Waals surface area (Å²) in [5, 5.41) is 2.97. The summed E-state index contributed by atoms with van der Waals surface area (Å²) in [7, 11) is 0. The van der Waals surface area contributed by atoms with Crippen LogP contribution >= 0.6 is 0 Å². The zero-order valence-corrected chi connectivity index (χ0v) is 16.4. The Morgan fingerprint density at radius 1 is 1.12 bits per heavy atom. The highest BCUT2D eigenvalue weighted by Gasteiger charge is 2.37. The Morgan fingerprint density at radius 3 is 2.16 bits per heavy atom. The lowest BCUT2D eigenvalue weighted by Crippen LogP contribution is -2.35. The number of benzene rings is 1. The summed E-state index contributed by atoms with van der Waals surface area (Å²) in [6.07, 6.45) is 0.299. The van der Waals surface area contributed by atoms with Crippen molar-refractivity contribution in [1.29, 1.82) is 0 Å². The van der Waals surface area contributed by atoms with Crippen LogP contribution in [0.2, 0.25) is 0 Å². The van der Waals surface area contributed by atoms with Crippen molar-refractivity contribution in [3.8, 4) is 0 Å². The van der Waals surface area contributed by atoms with Crippen LogP contribution in [-0.4, -0.2) is 24.9 Å². The fraction of sp³-hybridized carbons (Fsp3) is 0.619. The van der Waals surface area contributed by atoms with Crippen LogP contribution in [0.15, 0.2) is 18.2 Å². The third kappa shape index (κ3) is 4.42. The maximum atomic E-state index is 12.7. The molecule has 0 bridgehead atoms. The van der Waals surface area contributed by atoms with E-state index in [1.807, 2.05) is 4.90 Å². The van der Waals surface area contributed by atoms with Crippen LogP contribution in [-0.2, 0) is 9.59 Å². The number of anilines is 1. The quantitative estimate of drug-likeness (QED) is 0.846. The van der Waals surface area contributed by atoms with E-state index < -0.39 is 0 Å². The smallest absolute Gasteiger partial charge is 0.227 e. The molecule has 1 aromatic rings. The minimum atomic E-state index is -0.258. The molecule has 1 aliphatic heterocycles. The minimum Gasteiger partial charge on any atom is -0.356 e. The molecule has 1 unspecified atom stereocenters. The summed E-state index contributed by atoms with van der Waals surface area (Å²) in [6, 6.07) is 6.28. The molecule has 138 valence electrons. The first-order chi connectivity index (χ1) is 11.7. The van der Waals surface area contributed by atoms with Crippen molar-refractivity contribution in [3.63, 3.8) is 0 Å². The molecule has 0 aliphatic carbocycles. The molecule has 4 nitrogen and oxygen atoms in total. The summed E-state index contributed by atoms with van der Waals surface area (Å²) in [5.74, 6) is 0.862. The van der Waals surface area contributed by atoms with Gasteiger partial charge in [-0.2, -0.15) is 0 Å². The molecule has 1 fully saturated rings. The Hall–Kier alpha value is -1.84. The van der Waals surface area contributed by atoms with Gasteiger partial charge in [-0.15, -0.1) is 0 Å². The van der Waals surface area contributed by atoms with E-state index in [0.29, 0.717) is 37.3 Å². The second kappa shape index (κ2) is 8.03. The summed E-state index contributed by atoms with van der Waals surface area (Å²) < 4.78 is 0. The van der Waals surface area contributed by atoms with Gasteiger partial charge >= 0.3 is 0 Å². The molecule has 1 N–H and O–H groups in total. The van der Waals surface area contributed by atoms with Gasteiger partial charge in [0.25, 0.3) is 0 Å². The topological polar surface area (TPSA) is 49.4 Å². The zero-order valence-electron chi connectivity index (χ0n) is 16.4. The highest BCUT2D eigenvalue weighted by atomic mass is 16.2.